The summed E-state index contributed by atoms with van der Waals surface area (Å²) < 4.78 is 40.4. The van der Waals surface area contributed by atoms with Crippen LogP contribution in [0.5, 0.6) is 0 Å². The van der Waals surface area contributed by atoms with Gasteiger partial charge in [-0.3, -0.25) is 4.79 Å². The van der Waals surface area contributed by atoms with Gasteiger partial charge in [0.15, 0.2) is 5.65 Å². The molecule has 27 heavy (non-hydrogen) atoms. The van der Waals surface area contributed by atoms with E-state index >= 15 is 0 Å². The van der Waals surface area contributed by atoms with Gasteiger partial charge in [-0.1, -0.05) is 6.42 Å². The summed E-state index contributed by atoms with van der Waals surface area (Å²) in [5.41, 5.74) is 4.11. The van der Waals surface area contributed by atoms with Crippen molar-refractivity contribution in [2.24, 2.45) is 5.92 Å². The number of aryl methyl sites for hydroxylation is 3. The number of fused-ring (bicyclic) bond motifs is 1. The number of aromatic nitrogens is 3. The van der Waals surface area contributed by atoms with E-state index in [1.54, 1.807) is 4.52 Å². The Morgan fingerprint density at radius 1 is 1.30 bits per heavy atom. The molecule has 1 saturated carbocycles. The smallest absolute Gasteiger partial charge is 0.333 e. The molecule has 2 heterocycles. The summed E-state index contributed by atoms with van der Waals surface area (Å²) in [5.74, 6) is -0.250. The molecule has 0 N–H and O–H groups in total. The van der Waals surface area contributed by atoms with Crippen LogP contribution in [-0.2, 0) is 11.2 Å². The van der Waals surface area contributed by atoms with Crippen molar-refractivity contribution in [3.63, 3.8) is 0 Å². The first-order valence-electron chi connectivity index (χ1n) is 9.31. The molecule has 2 aromatic heterocycles. The maximum atomic E-state index is 12.9. The molecule has 0 atom stereocenters. The van der Waals surface area contributed by atoms with E-state index in [1.807, 2.05) is 26.8 Å². The van der Waals surface area contributed by atoms with Gasteiger partial charge in [-0.05, 0) is 51.5 Å². The monoisotopic (exact) mass is 382 g/mol. The van der Waals surface area contributed by atoms with Crippen LogP contribution in [0.25, 0.3) is 5.65 Å². The summed E-state index contributed by atoms with van der Waals surface area (Å²) in [6, 6.07) is 1.87. The number of hydrogen-bond acceptors (Lipinski definition) is 3. The highest BCUT2D eigenvalue weighted by Gasteiger charge is 2.34. The zero-order chi connectivity index (χ0) is 19.8. The largest absolute Gasteiger partial charge is 0.406 e. The minimum atomic E-state index is -4.38. The van der Waals surface area contributed by atoms with Gasteiger partial charge in [0.25, 0.3) is 0 Å². The summed E-state index contributed by atoms with van der Waals surface area (Å²) in [5, 5.41) is 4.39. The Morgan fingerprint density at radius 2 is 2.00 bits per heavy atom. The molecule has 0 unspecified atom stereocenters. The fourth-order valence-electron chi connectivity index (χ4n) is 3.65. The van der Waals surface area contributed by atoms with Crippen LogP contribution in [0, 0.1) is 26.7 Å². The number of amides is 1. The van der Waals surface area contributed by atoms with Crippen LogP contribution in [0.4, 0.5) is 13.2 Å². The van der Waals surface area contributed by atoms with Gasteiger partial charge in [0.2, 0.25) is 5.91 Å². The Labute approximate surface area is 156 Å². The Bertz CT molecular complexity index is 840. The van der Waals surface area contributed by atoms with Crippen LogP contribution in [0.15, 0.2) is 6.07 Å². The third-order valence-corrected chi connectivity index (χ3v) is 5.30. The van der Waals surface area contributed by atoms with Gasteiger partial charge in [-0.15, -0.1) is 0 Å². The van der Waals surface area contributed by atoms with Crippen LogP contribution >= 0.6 is 0 Å². The Hall–Kier alpha value is -2.12. The fourth-order valence-corrected chi connectivity index (χ4v) is 3.65. The number of carbonyl (C=O) groups is 1. The van der Waals surface area contributed by atoms with Crippen molar-refractivity contribution in [1.29, 1.82) is 0 Å². The van der Waals surface area contributed by atoms with Gasteiger partial charge in [0.1, 0.15) is 6.54 Å². The normalized spacial score (nSPS) is 15.2. The van der Waals surface area contributed by atoms with E-state index in [4.69, 9.17) is 0 Å². The lowest BCUT2D eigenvalue weighted by molar-refractivity contribution is -0.163. The number of alkyl halides is 3. The Kier molecular flexibility index (Phi) is 5.44. The number of carbonyl (C=O) groups excluding carboxylic acids is 1. The first-order chi connectivity index (χ1) is 12.6. The molecule has 0 aromatic carbocycles. The van der Waals surface area contributed by atoms with Crippen LogP contribution < -0.4 is 0 Å². The maximum Gasteiger partial charge on any atom is 0.406 e. The summed E-state index contributed by atoms with van der Waals surface area (Å²) in [6.07, 6.45) is -1.14. The van der Waals surface area contributed by atoms with Crippen LogP contribution in [0.3, 0.4) is 0 Å². The maximum absolute atomic E-state index is 12.9. The second-order valence-electron chi connectivity index (χ2n) is 7.50. The molecule has 2 aromatic rings. The number of halogens is 3. The molecule has 0 aliphatic heterocycles. The van der Waals surface area contributed by atoms with E-state index in [-0.39, 0.29) is 18.9 Å². The molecule has 8 heteroatoms. The molecule has 0 radical (unpaired) electrons. The zero-order valence-electron chi connectivity index (χ0n) is 15.9. The first-order valence-corrected chi connectivity index (χ1v) is 9.31. The van der Waals surface area contributed by atoms with E-state index in [1.165, 1.54) is 0 Å². The van der Waals surface area contributed by atoms with Crippen molar-refractivity contribution in [3.05, 3.63) is 28.7 Å². The van der Waals surface area contributed by atoms with Crippen molar-refractivity contribution < 1.29 is 18.0 Å². The molecular weight excluding hydrogens is 357 g/mol. The molecule has 0 saturated heterocycles. The molecule has 1 aliphatic carbocycles. The lowest BCUT2D eigenvalue weighted by atomic mass is 9.85. The van der Waals surface area contributed by atoms with Crippen molar-refractivity contribution in [1.82, 2.24) is 19.5 Å². The summed E-state index contributed by atoms with van der Waals surface area (Å²) in [6.45, 7) is 4.66. The second kappa shape index (κ2) is 7.48. The van der Waals surface area contributed by atoms with E-state index in [0.717, 1.165) is 52.5 Å². The highest BCUT2D eigenvalue weighted by molar-refractivity contribution is 5.76. The van der Waals surface area contributed by atoms with Crippen molar-refractivity contribution in [2.45, 2.75) is 59.1 Å². The third kappa shape index (κ3) is 4.59. The summed E-state index contributed by atoms with van der Waals surface area (Å²) in [4.78, 5) is 18.0. The highest BCUT2D eigenvalue weighted by atomic mass is 19.4. The van der Waals surface area contributed by atoms with Crippen molar-refractivity contribution in [2.75, 3.05) is 13.1 Å². The highest BCUT2D eigenvalue weighted by Crippen LogP contribution is 2.29. The van der Waals surface area contributed by atoms with E-state index in [2.05, 4.69) is 10.1 Å². The van der Waals surface area contributed by atoms with Crippen LogP contribution in [0.1, 0.15) is 48.3 Å². The average molecular weight is 382 g/mol. The predicted molar refractivity (Wildman–Crippen MR) is 95.5 cm³/mol. The molecule has 0 bridgehead atoms. The van der Waals surface area contributed by atoms with Gasteiger partial charge < -0.3 is 4.90 Å². The van der Waals surface area contributed by atoms with Crippen molar-refractivity contribution in [3.8, 4) is 0 Å². The second-order valence-corrected chi connectivity index (χ2v) is 7.50. The lowest BCUT2D eigenvalue weighted by Gasteiger charge is -2.33. The van der Waals surface area contributed by atoms with Gasteiger partial charge >= 0.3 is 6.18 Å². The minimum absolute atomic E-state index is 0.0396. The van der Waals surface area contributed by atoms with E-state index < -0.39 is 18.6 Å². The van der Waals surface area contributed by atoms with Gasteiger partial charge in [-0.25, -0.2) is 9.50 Å². The van der Waals surface area contributed by atoms with Gasteiger partial charge in [0.05, 0.1) is 5.69 Å². The predicted octanol–water partition coefficient (Wildman–Crippen LogP) is 3.78. The SMILES string of the molecule is Cc1cc2nc(C)c(CCC(=O)N(CC3CCC3)CC(F)(F)F)c(C)n2n1. The number of hydrogen-bond donors (Lipinski definition) is 0. The quantitative estimate of drug-likeness (QED) is 0.764. The van der Waals surface area contributed by atoms with Crippen LogP contribution in [-0.4, -0.2) is 44.7 Å². The standard InChI is InChI=1S/C19H25F3N4O/c1-12-9-17-23-13(2)16(14(3)26(17)24-12)7-8-18(27)25(11-19(20,21)22)10-15-5-4-6-15/h9,15H,4-8,10-11H2,1-3H3. The fraction of sp³-hybridized carbons (Fsp3) is 0.632. The molecule has 0 spiro atoms. The Morgan fingerprint density at radius 3 is 2.59 bits per heavy atom. The number of rotatable bonds is 6. The Balaban J connectivity index is 1.73. The minimum Gasteiger partial charge on any atom is -0.333 e. The van der Waals surface area contributed by atoms with Crippen molar-refractivity contribution >= 4 is 11.6 Å². The zero-order valence-corrected chi connectivity index (χ0v) is 15.9. The molecule has 148 valence electrons. The topological polar surface area (TPSA) is 50.5 Å². The molecule has 1 fully saturated rings. The average Bonchev–Trinajstić information content (AvgIpc) is 2.88. The lowest BCUT2D eigenvalue weighted by Crippen LogP contribution is -2.43. The number of nitrogens with zero attached hydrogens (tertiary/aromatic N) is 4. The molecule has 1 amide bonds. The molecular formula is C19H25F3N4O. The van der Waals surface area contributed by atoms with Gasteiger partial charge in [0, 0.05) is 30.4 Å². The molecule has 1 aliphatic rings. The summed E-state index contributed by atoms with van der Waals surface area (Å²) >= 11 is 0. The van der Waals surface area contributed by atoms with E-state index in [0.29, 0.717) is 6.42 Å². The molecule has 5 nitrogen and oxygen atoms in total. The summed E-state index contributed by atoms with van der Waals surface area (Å²) in [7, 11) is 0. The van der Waals surface area contributed by atoms with Gasteiger partial charge in [-0.2, -0.15) is 18.3 Å². The third-order valence-electron chi connectivity index (χ3n) is 5.30. The van der Waals surface area contributed by atoms with E-state index in [9.17, 15) is 18.0 Å². The first kappa shape index (κ1) is 19.6. The molecule has 3 rings (SSSR count). The van der Waals surface area contributed by atoms with Crippen LogP contribution in [0.2, 0.25) is 0 Å².